The van der Waals surface area contributed by atoms with Gasteiger partial charge in [-0.15, -0.1) is 0 Å². The van der Waals surface area contributed by atoms with Crippen LogP contribution in [0.3, 0.4) is 0 Å². The minimum absolute atomic E-state index is 0.133. The van der Waals surface area contributed by atoms with Crippen molar-refractivity contribution in [1.29, 1.82) is 0 Å². The van der Waals surface area contributed by atoms with E-state index in [0.29, 0.717) is 11.7 Å². The number of carbonyl (C=O) groups excluding carboxylic acids is 1. The fourth-order valence-corrected chi connectivity index (χ4v) is 1.20. The molecule has 0 aromatic heterocycles. The number of hydrogen-bond donors (Lipinski definition) is 0. The summed E-state index contributed by atoms with van der Waals surface area (Å²) in [5.41, 5.74) is 1.04. The van der Waals surface area contributed by atoms with Crippen LogP contribution in [0.2, 0.25) is 0 Å². The zero-order chi connectivity index (χ0) is 12.6. The van der Waals surface area contributed by atoms with Crippen molar-refractivity contribution in [2.24, 2.45) is 11.8 Å². The first-order valence-corrected chi connectivity index (χ1v) is 5.56. The molecule has 0 bridgehead atoms. The van der Waals surface area contributed by atoms with Crippen LogP contribution in [0.25, 0.3) is 0 Å². The Morgan fingerprint density at radius 1 is 1.25 bits per heavy atom. The Kier molecular flexibility index (Phi) is 7.27. The van der Waals surface area contributed by atoms with Crippen LogP contribution in [0, 0.1) is 11.8 Å². The molecule has 2 nitrogen and oxygen atoms in total. The van der Waals surface area contributed by atoms with E-state index in [1.165, 1.54) is 0 Å². The summed E-state index contributed by atoms with van der Waals surface area (Å²) in [7, 11) is 1.59. The highest BCUT2D eigenvalue weighted by Crippen LogP contribution is 2.19. The van der Waals surface area contributed by atoms with E-state index >= 15 is 0 Å². The number of aldehydes is 1. The number of hydrogen-bond acceptors (Lipinski definition) is 2. The zero-order valence-electron chi connectivity index (χ0n) is 10.5. The summed E-state index contributed by atoms with van der Waals surface area (Å²) in [4.78, 5) is 10.5. The Labute approximate surface area is 98.7 Å². The quantitative estimate of drug-likeness (QED) is 0.357. The second-order valence-corrected chi connectivity index (χ2v) is 4.17. The average Bonchev–Trinajstić information content (AvgIpc) is 2.31. The van der Waals surface area contributed by atoms with Crippen LogP contribution in [-0.4, -0.2) is 13.4 Å². The van der Waals surface area contributed by atoms with Gasteiger partial charge in [0.2, 0.25) is 0 Å². The normalized spacial score (nSPS) is 14.4. The summed E-state index contributed by atoms with van der Waals surface area (Å²) in [6.07, 6.45) is 6.60. The highest BCUT2D eigenvalue weighted by atomic mass is 16.5. The van der Waals surface area contributed by atoms with Gasteiger partial charge in [-0.05, 0) is 24.8 Å². The molecule has 2 heteroatoms. The Hall–Kier alpha value is -1.31. The first kappa shape index (κ1) is 14.7. The molecule has 0 aliphatic heterocycles. The first-order chi connectivity index (χ1) is 7.51. The topological polar surface area (TPSA) is 26.3 Å². The van der Waals surface area contributed by atoms with Gasteiger partial charge >= 0.3 is 0 Å². The molecule has 0 saturated carbocycles. The molecule has 0 aromatic carbocycles. The van der Waals surface area contributed by atoms with E-state index in [0.717, 1.165) is 24.7 Å². The van der Waals surface area contributed by atoms with Gasteiger partial charge in [0.25, 0.3) is 0 Å². The van der Waals surface area contributed by atoms with Gasteiger partial charge in [0, 0.05) is 5.92 Å². The molecule has 0 rings (SSSR count). The lowest BCUT2D eigenvalue weighted by Gasteiger charge is -2.12. The number of methoxy groups -OCH3 is 1. The Bertz CT molecular complexity index is 276. The maximum Gasteiger partial charge on any atom is 0.122 e. The molecule has 0 spiro atoms. The summed E-state index contributed by atoms with van der Waals surface area (Å²) in [5.74, 6) is 1.13. The zero-order valence-corrected chi connectivity index (χ0v) is 10.5. The van der Waals surface area contributed by atoms with E-state index in [2.05, 4.69) is 20.1 Å². The number of allylic oxidation sites excluding steroid dienone is 3. The van der Waals surface area contributed by atoms with Crippen molar-refractivity contribution in [3.63, 3.8) is 0 Å². The molecule has 2 unspecified atom stereocenters. The second-order valence-electron chi connectivity index (χ2n) is 4.17. The standard InChI is InChI=1S/C14H22O2/c1-11(10-15)6-7-12(2)13(3)8-9-14(4)16-5/h8-12H,3-4,6-7H2,1-2,5H3/b9-8-. The third-order valence-corrected chi connectivity index (χ3v) is 2.67. The van der Waals surface area contributed by atoms with E-state index in [4.69, 9.17) is 4.74 Å². The van der Waals surface area contributed by atoms with Gasteiger partial charge in [-0.3, -0.25) is 0 Å². The van der Waals surface area contributed by atoms with E-state index in [1.54, 1.807) is 7.11 Å². The maximum absolute atomic E-state index is 10.5. The molecule has 0 radical (unpaired) electrons. The van der Waals surface area contributed by atoms with Crippen molar-refractivity contribution in [3.05, 3.63) is 36.6 Å². The highest BCUT2D eigenvalue weighted by Gasteiger charge is 2.07. The van der Waals surface area contributed by atoms with Gasteiger partial charge in [-0.25, -0.2) is 0 Å². The predicted octanol–water partition coefficient (Wildman–Crippen LogP) is 3.51. The van der Waals surface area contributed by atoms with Gasteiger partial charge in [0.05, 0.1) is 7.11 Å². The van der Waals surface area contributed by atoms with Crippen molar-refractivity contribution in [2.45, 2.75) is 26.7 Å². The smallest absolute Gasteiger partial charge is 0.122 e. The molecular weight excluding hydrogens is 200 g/mol. The van der Waals surface area contributed by atoms with E-state index in [9.17, 15) is 4.79 Å². The van der Waals surface area contributed by atoms with Crippen LogP contribution in [-0.2, 0) is 9.53 Å². The van der Waals surface area contributed by atoms with E-state index in [-0.39, 0.29) is 5.92 Å². The van der Waals surface area contributed by atoms with Crippen LogP contribution in [0.15, 0.2) is 36.6 Å². The molecule has 0 N–H and O–H groups in total. The summed E-state index contributed by atoms with van der Waals surface area (Å²) < 4.78 is 4.93. The monoisotopic (exact) mass is 222 g/mol. The Balaban J connectivity index is 4.04. The summed E-state index contributed by atoms with van der Waals surface area (Å²) in [5, 5.41) is 0. The molecule has 16 heavy (non-hydrogen) atoms. The van der Waals surface area contributed by atoms with Gasteiger partial charge < -0.3 is 9.53 Å². The molecule has 90 valence electrons. The van der Waals surface area contributed by atoms with Crippen LogP contribution in [0.1, 0.15) is 26.7 Å². The highest BCUT2D eigenvalue weighted by molar-refractivity contribution is 5.52. The van der Waals surface area contributed by atoms with Gasteiger partial charge in [-0.2, -0.15) is 0 Å². The van der Waals surface area contributed by atoms with Gasteiger partial charge in [0.15, 0.2) is 0 Å². The molecule has 0 aromatic rings. The SMILES string of the molecule is C=C(/C=C\C(=C)C(C)CCC(C)C=O)OC. The van der Waals surface area contributed by atoms with Crippen LogP contribution < -0.4 is 0 Å². The predicted molar refractivity (Wildman–Crippen MR) is 68.1 cm³/mol. The Morgan fingerprint density at radius 2 is 1.88 bits per heavy atom. The average molecular weight is 222 g/mol. The molecule has 2 atom stereocenters. The number of rotatable bonds is 8. The minimum atomic E-state index is 0.133. The lowest BCUT2D eigenvalue weighted by atomic mass is 9.93. The Morgan fingerprint density at radius 3 is 2.38 bits per heavy atom. The molecule has 0 fully saturated rings. The molecule has 0 heterocycles. The molecule has 0 aliphatic carbocycles. The molecular formula is C14H22O2. The van der Waals surface area contributed by atoms with Gasteiger partial charge in [0.1, 0.15) is 12.0 Å². The molecule has 0 amide bonds. The molecule has 0 saturated heterocycles. The van der Waals surface area contributed by atoms with Crippen molar-refractivity contribution in [2.75, 3.05) is 7.11 Å². The third-order valence-electron chi connectivity index (χ3n) is 2.67. The van der Waals surface area contributed by atoms with Gasteiger partial charge in [-0.1, -0.05) is 38.7 Å². The lowest BCUT2D eigenvalue weighted by Crippen LogP contribution is -2.02. The fourth-order valence-electron chi connectivity index (χ4n) is 1.20. The van der Waals surface area contributed by atoms with Crippen LogP contribution in [0.4, 0.5) is 0 Å². The van der Waals surface area contributed by atoms with Crippen molar-refractivity contribution in [1.82, 2.24) is 0 Å². The summed E-state index contributed by atoms with van der Waals surface area (Å²) >= 11 is 0. The van der Waals surface area contributed by atoms with Crippen molar-refractivity contribution in [3.8, 4) is 0 Å². The van der Waals surface area contributed by atoms with Crippen molar-refractivity contribution < 1.29 is 9.53 Å². The second kappa shape index (κ2) is 7.91. The third kappa shape index (κ3) is 6.23. The van der Waals surface area contributed by atoms with Crippen LogP contribution >= 0.6 is 0 Å². The summed E-state index contributed by atoms with van der Waals surface area (Å²) in [6, 6.07) is 0. The van der Waals surface area contributed by atoms with E-state index in [1.807, 2.05) is 19.1 Å². The molecule has 0 aliphatic rings. The van der Waals surface area contributed by atoms with E-state index < -0.39 is 0 Å². The number of ether oxygens (including phenoxy) is 1. The summed E-state index contributed by atoms with van der Waals surface area (Å²) in [6.45, 7) is 11.7. The minimum Gasteiger partial charge on any atom is -0.497 e. The first-order valence-electron chi connectivity index (χ1n) is 5.56. The maximum atomic E-state index is 10.5. The fraction of sp³-hybridized carbons (Fsp3) is 0.500. The largest absolute Gasteiger partial charge is 0.497 e. The van der Waals surface area contributed by atoms with Crippen molar-refractivity contribution >= 4 is 6.29 Å². The lowest BCUT2D eigenvalue weighted by molar-refractivity contribution is -0.110. The van der Waals surface area contributed by atoms with Crippen LogP contribution in [0.5, 0.6) is 0 Å². The number of carbonyl (C=O) groups is 1.